The van der Waals surface area contributed by atoms with Gasteiger partial charge in [-0.25, -0.2) is 9.78 Å². The zero-order valence-corrected chi connectivity index (χ0v) is 17.7. The van der Waals surface area contributed by atoms with Crippen molar-refractivity contribution < 1.29 is 19.4 Å². The summed E-state index contributed by atoms with van der Waals surface area (Å²) in [7, 11) is 0. The van der Waals surface area contributed by atoms with Crippen LogP contribution >= 0.6 is 11.3 Å². The summed E-state index contributed by atoms with van der Waals surface area (Å²) < 4.78 is 5.94. The monoisotopic (exact) mass is 420 g/mol. The lowest BCUT2D eigenvalue weighted by Gasteiger charge is -2.32. The van der Waals surface area contributed by atoms with E-state index in [2.05, 4.69) is 22.2 Å². The molecule has 158 valence electrons. The van der Waals surface area contributed by atoms with E-state index in [0.29, 0.717) is 6.54 Å². The van der Waals surface area contributed by atoms with Gasteiger partial charge in [0.1, 0.15) is 11.9 Å². The molecule has 2 aromatic heterocycles. The second-order valence-corrected chi connectivity index (χ2v) is 7.97. The van der Waals surface area contributed by atoms with Crippen molar-refractivity contribution >= 4 is 23.8 Å². The molecule has 0 unspecified atom stereocenters. The molecule has 3 rings (SSSR count). The quantitative estimate of drug-likeness (QED) is 0.550. The number of nitrogens with zero attached hydrogens (tertiary/aromatic N) is 3. The number of carbonyl (C=O) groups is 2. The van der Waals surface area contributed by atoms with Crippen LogP contribution in [-0.4, -0.2) is 58.2 Å². The third-order valence-electron chi connectivity index (χ3n) is 4.60. The first-order valence-electron chi connectivity index (χ1n) is 9.63. The number of aryl methyl sites for hydroxylation is 3. The molecule has 0 radical (unpaired) electrons. The minimum Gasteiger partial charge on any atom is -0.490 e. The van der Waals surface area contributed by atoms with Crippen LogP contribution in [0.25, 0.3) is 0 Å². The molecular weight excluding hydrogens is 392 g/mol. The van der Waals surface area contributed by atoms with Crippen molar-refractivity contribution in [2.45, 2.75) is 45.6 Å². The number of carbonyl (C=O) groups excluding carboxylic acids is 1. The maximum absolute atomic E-state index is 12.3. The molecule has 29 heavy (non-hydrogen) atoms. The number of hydrogen-bond donors (Lipinski definition) is 2. The van der Waals surface area contributed by atoms with Gasteiger partial charge in [0.15, 0.2) is 0 Å². The molecule has 1 aliphatic heterocycles. The maximum Gasteiger partial charge on any atom is 0.317 e. The predicted octanol–water partition coefficient (Wildman–Crippen LogP) is 3.04. The van der Waals surface area contributed by atoms with Gasteiger partial charge in [-0.15, -0.1) is 11.3 Å². The fourth-order valence-corrected chi connectivity index (χ4v) is 3.95. The molecule has 8 nitrogen and oxygen atoms in total. The average molecular weight is 421 g/mol. The SMILES string of the molecule is Cc1nc(CCCNC(=O)N2CCC(Oc3ccncc3)CC2)sc1C.O=CO. The first kappa shape index (κ1) is 22.6. The summed E-state index contributed by atoms with van der Waals surface area (Å²) in [5.74, 6) is 0.843. The summed E-state index contributed by atoms with van der Waals surface area (Å²) >= 11 is 1.75. The van der Waals surface area contributed by atoms with E-state index in [-0.39, 0.29) is 18.6 Å². The zero-order chi connectivity index (χ0) is 21.1. The van der Waals surface area contributed by atoms with Crippen LogP contribution in [0.5, 0.6) is 5.75 Å². The Bertz CT molecular complexity index is 742. The Balaban J connectivity index is 0.000000941. The number of likely N-dealkylation sites (tertiary alicyclic amines) is 1. The highest BCUT2D eigenvalue weighted by atomic mass is 32.1. The summed E-state index contributed by atoms with van der Waals surface area (Å²) in [6, 6.07) is 3.76. The number of pyridine rings is 1. The Labute approximate surface area is 174 Å². The van der Waals surface area contributed by atoms with E-state index in [1.54, 1.807) is 23.7 Å². The predicted molar refractivity (Wildman–Crippen MR) is 111 cm³/mol. The number of carboxylic acid groups (broad SMARTS) is 1. The Morgan fingerprint density at radius 1 is 1.34 bits per heavy atom. The van der Waals surface area contributed by atoms with Crippen molar-refractivity contribution in [3.05, 3.63) is 40.1 Å². The smallest absolute Gasteiger partial charge is 0.317 e. The summed E-state index contributed by atoms with van der Waals surface area (Å²) in [5, 5.41) is 11.1. The summed E-state index contributed by atoms with van der Waals surface area (Å²) in [6.07, 6.45) is 7.17. The van der Waals surface area contributed by atoms with Gasteiger partial charge >= 0.3 is 6.03 Å². The minimum absolute atomic E-state index is 0.0267. The van der Waals surface area contributed by atoms with Gasteiger partial charge in [0, 0.05) is 56.2 Å². The van der Waals surface area contributed by atoms with Crippen LogP contribution in [-0.2, 0) is 11.2 Å². The van der Waals surface area contributed by atoms with Gasteiger partial charge < -0.3 is 20.1 Å². The van der Waals surface area contributed by atoms with Crippen molar-refractivity contribution in [3.63, 3.8) is 0 Å². The van der Waals surface area contributed by atoms with Gasteiger partial charge in [0.25, 0.3) is 6.47 Å². The van der Waals surface area contributed by atoms with E-state index in [9.17, 15) is 4.79 Å². The summed E-state index contributed by atoms with van der Waals surface area (Å²) in [6.45, 7) is 6.03. The molecule has 0 aliphatic carbocycles. The second-order valence-electron chi connectivity index (χ2n) is 6.68. The Kier molecular flexibility index (Phi) is 9.36. The molecule has 0 aromatic carbocycles. The van der Waals surface area contributed by atoms with Gasteiger partial charge in [-0.05, 0) is 32.4 Å². The van der Waals surface area contributed by atoms with Gasteiger partial charge in [-0.3, -0.25) is 9.78 Å². The topological polar surface area (TPSA) is 105 Å². The number of piperidine rings is 1. The fraction of sp³-hybridized carbons (Fsp3) is 0.500. The third-order valence-corrected chi connectivity index (χ3v) is 5.73. The molecule has 9 heteroatoms. The number of thiazole rings is 1. The molecule has 3 heterocycles. The highest BCUT2D eigenvalue weighted by molar-refractivity contribution is 7.11. The Hall–Kier alpha value is -2.68. The number of rotatable bonds is 6. The lowest BCUT2D eigenvalue weighted by atomic mass is 10.1. The lowest BCUT2D eigenvalue weighted by Crippen LogP contribution is -2.46. The van der Waals surface area contributed by atoms with Crippen molar-refractivity contribution in [2.24, 2.45) is 0 Å². The minimum atomic E-state index is -0.250. The van der Waals surface area contributed by atoms with E-state index < -0.39 is 0 Å². The number of nitrogens with one attached hydrogen (secondary N) is 1. The molecule has 1 fully saturated rings. The number of aromatic nitrogens is 2. The van der Waals surface area contributed by atoms with E-state index in [1.807, 2.05) is 24.0 Å². The van der Waals surface area contributed by atoms with E-state index in [1.165, 1.54) is 4.88 Å². The van der Waals surface area contributed by atoms with E-state index in [0.717, 1.165) is 55.2 Å². The molecule has 2 aromatic rings. The van der Waals surface area contributed by atoms with Gasteiger partial charge in [-0.1, -0.05) is 0 Å². The molecule has 0 spiro atoms. The van der Waals surface area contributed by atoms with Crippen LogP contribution in [0.4, 0.5) is 4.79 Å². The average Bonchev–Trinajstić information content (AvgIpc) is 3.04. The second kappa shape index (κ2) is 12.0. The van der Waals surface area contributed by atoms with Crippen molar-refractivity contribution in [2.75, 3.05) is 19.6 Å². The van der Waals surface area contributed by atoms with Crippen LogP contribution in [0.15, 0.2) is 24.5 Å². The molecule has 0 atom stereocenters. The first-order chi connectivity index (χ1) is 14.0. The van der Waals surface area contributed by atoms with Crippen molar-refractivity contribution in [3.8, 4) is 5.75 Å². The third kappa shape index (κ3) is 7.69. The van der Waals surface area contributed by atoms with Crippen LogP contribution in [0.1, 0.15) is 34.8 Å². The summed E-state index contributed by atoms with van der Waals surface area (Å²) in [5.41, 5.74) is 1.12. The zero-order valence-electron chi connectivity index (χ0n) is 16.8. The van der Waals surface area contributed by atoms with Crippen LogP contribution < -0.4 is 10.1 Å². The highest BCUT2D eigenvalue weighted by Gasteiger charge is 2.23. The molecular formula is C20H28N4O4S. The molecule has 0 bridgehead atoms. The molecule has 1 aliphatic rings. The lowest BCUT2D eigenvalue weighted by molar-refractivity contribution is -0.122. The number of amides is 2. The Morgan fingerprint density at radius 3 is 2.59 bits per heavy atom. The number of ether oxygens (including phenoxy) is 1. The van der Waals surface area contributed by atoms with Crippen molar-refractivity contribution in [1.82, 2.24) is 20.2 Å². The van der Waals surface area contributed by atoms with Crippen LogP contribution in [0.3, 0.4) is 0 Å². The van der Waals surface area contributed by atoms with Crippen LogP contribution in [0, 0.1) is 13.8 Å². The summed E-state index contributed by atoms with van der Waals surface area (Å²) in [4.78, 5) is 32.3. The molecule has 2 amide bonds. The normalized spacial score (nSPS) is 13.9. The number of hydrogen-bond acceptors (Lipinski definition) is 6. The highest BCUT2D eigenvalue weighted by Crippen LogP contribution is 2.19. The van der Waals surface area contributed by atoms with Crippen molar-refractivity contribution in [1.29, 1.82) is 0 Å². The molecule has 1 saturated heterocycles. The number of urea groups is 1. The molecule has 2 N–H and O–H groups in total. The van der Waals surface area contributed by atoms with Crippen LogP contribution in [0.2, 0.25) is 0 Å². The maximum atomic E-state index is 12.3. The van der Waals surface area contributed by atoms with Gasteiger partial charge in [0.2, 0.25) is 0 Å². The Morgan fingerprint density at radius 2 is 2.00 bits per heavy atom. The van der Waals surface area contributed by atoms with E-state index >= 15 is 0 Å². The van der Waals surface area contributed by atoms with E-state index in [4.69, 9.17) is 14.6 Å². The largest absolute Gasteiger partial charge is 0.490 e. The fourth-order valence-electron chi connectivity index (χ4n) is 2.98. The first-order valence-corrected chi connectivity index (χ1v) is 10.4. The van der Waals surface area contributed by atoms with Gasteiger partial charge in [-0.2, -0.15) is 0 Å². The van der Waals surface area contributed by atoms with Gasteiger partial charge in [0.05, 0.1) is 10.7 Å². The molecule has 0 saturated carbocycles. The standard InChI is InChI=1S/C19H26N4O2S.CH2O2/c1-14-15(2)26-18(22-14)4-3-9-21-19(24)23-12-7-17(8-13-23)25-16-5-10-20-11-6-16;2-1-3/h5-6,10-11,17H,3-4,7-9,12-13H2,1-2H3,(H,21,24);1H,(H,2,3).